The van der Waals surface area contributed by atoms with Gasteiger partial charge in [-0.15, -0.1) is 18.3 Å². The number of aromatic amines is 2. The third-order valence-electron chi connectivity index (χ3n) is 3.01. The number of rotatable bonds is 7. The van der Waals surface area contributed by atoms with Gasteiger partial charge in [-0.1, -0.05) is 12.1 Å². The number of amides is 2. The molecule has 0 saturated carbocycles. The zero-order chi connectivity index (χ0) is 17.5. The summed E-state index contributed by atoms with van der Waals surface area (Å²) < 4.78 is 0. The van der Waals surface area contributed by atoms with Crippen LogP contribution in [0.25, 0.3) is 10.8 Å². The average Bonchev–Trinajstić information content (AvgIpc) is 2.57. The number of nitrogens with one attached hydrogen (secondary N) is 4. The van der Waals surface area contributed by atoms with E-state index >= 15 is 0 Å². The van der Waals surface area contributed by atoms with Gasteiger partial charge in [0.05, 0.1) is 28.8 Å². The highest BCUT2D eigenvalue weighted by atomic mass is 32.2. The molecule has 2 aromatic rings. The van der Waals surface area contributed by atoms with Crippen molar-refractivity contribution in [1.82, 2.24) is 15.5 Å². The van der Waals surface area contributed by atoms with Crippen LogP contribution in [0.2, 0.25) is 0 Å². The summed E-state index contributed by atoms with van der Waals surface area (Å²) in [4.78, 5) is 47.1. The molecule has 1 aromatic heterocycles. The van der Waals surface area contributed by atoms with Gasteiger partial charge in [-0.3, -0.25) is 29.4 Å². The summed E-state index contributed by atoms with van der Waals surface area (Å²) in [5.74, 6) is 0.101. The van der Waals surface area contributed by atoms with E-state index in [4.69, 9.17) is 0 Å². The van der Waals surface area contributed by atoms with Crippen LogP contribution in [-0.2, 0) is 9.59 Å². The van der Waals surface area contributed by atoms with Crippen LogP contribution in [0.1, 0.15) is 0 Å². The lowest BCUT2D eigenvalue weighted by Crippen LogP contribution is -2.34. The fraction of sp³-hybridized carbons (Fsp3) is 0.200. The molecule has 9 heteroatoms. The summed E-state index contributed by atoms with van der Waals surface area (Å²) in [5.41, 5.74) is -0.779. The van der Waals surface area contributed by atoms with Crippen molar-refractivity contribution in [2.24, 2.45) is 0 Å². The molecule has 2 rings (SSSR count). The van der Waals surface area contributed by atoms with Crippen molar-refractivity contribution in [3.63, 3.8) is 0 Å². The number of H-pyrrole nitrogens is 2. The first kappa shape index (κ1) is 17.5. The van der Waals surface area contributed by atoms with Crippen LogP contribution in [0.15, 0.2) is 40.4 Å². The van der Waals surface area contributed by atoms with Crippen molar-refractivity contribution in [1.29, 1.82) is 0 Å². The average molecular weight is 348 g/mol. The highest BCUT2D eigenvalue weighted by molar-refractivity contribution is 8.00. The smallest absolute Gasteiger partial charge is 0.272 e. The summed E-state index contributed by atoms with van der Waals surface area (Å²) in [6.45, 7) is 3.32. The summed E-state index contributed by atoms with van der Waals surface area (Å²) in [5, 5.41) is 9.68. The fourth-order valence-electron chi connectivity index (χ4n) is 1.99. The van der Waals surface area contributed by atoms with Crippen molar-refractivity contribution in [3.05, 3.63) is 51.6 Å². The van der Waals surface area contributed by atoms with Crippen molar-refractivity contribution in [2.75, 3.05) is 23.4 Å². The Morgan fingerprint density at radius 1 is 1.17 bits per heavy atom. The minimum absolute atomic E-state index is 0.0856. The highest BCUT2D eigenvalue weighted by Gasteiger charge is 2.11. The molecule has 0 unspecified atom stereocenters. The molecular weight excluding hydrogens is 332 g/mol. The van der Waals surface area contributed by atoms with Crippen molar-refractivity contribution in [2.45, 2.75) is 0 Å². The van der Waals surface area contributed by atoms with Crippen LogP contribution < -0.4 is 21.8 Å². The van der Waals surface area contributed by atoms with Crippen LogP contribution in [0, 0.1) is 0 Å². The molecule has 8 nitrogen and oxygen atoms in total. The minimum Gasteiger partial charge on any atom is -0.346 e. The molecule has 0 aliphatic rings. The topological polar surface area (TPSA) is 124 Å². The Labute approximate surface area is 140 Å². The summed E-state index contributed by atoms with van der Waals surface area (Å²) in [6, 6.07) is 4.55. The second-order valence-corrected chi connectivity index (χ2v) is 5.80. The Morgan fingerprint density at radius 3 is 2.67 bits per heavy atom. The number of aromatic nitrogens is 2. The Balaban J connectivity index is 2.05. The van der Waals surface area contributed by atoms with Gasteiger partial charge in [-0.05, 0) is 12.1 Å². The van der Waals surface area contributed by atoms with Gasteiger partial charge in [-0.2, -0.15) is 0 Å². The molecule has 0 bridgehead atoms. The predicted molar refractivity (Wildman–Crippen MR) is 94.4 cm³/mol. The number of hydrogen-bond acceptors (Lipinski definition) is 5. The Morgan fingerprint density at radius 2 is 1.92 bits per heavy atom. The summed E-state index contributed by atoms with van der Waals surface area (Å²) in [6.07, 6.45) is 1.68. The molecule has 1 aromatic carbocycles. The maximum absolute atomic E-state index is 11.9. The molecule has 0 aliphatic heterocycles. The lowest BCUT2D eigenvalue weighted by molar-refractivity contribution is -0.122. The SMILES string of the molecule is C=CCSCC(=O)NCC(=O)Nc1cccc2c(=O)[nH][nH]c(=O)c12. The van der Waals surface area contributed by atoms with Gasteiger partial charge in [0.2, 0.25) is 11.8 Å². The summed E-state index contributed by atoms with van der Waals surface area (Å²) in [7, 11) is 0. The van der Waals surface area contributed by atoms with Crippen molar-refractivity contribution in [3.8, 4) is 0 Å². The van der Waals surface area contributed by atoms with E-state index in [1.807, 2.05) is 0 Å². The molecule has 0 fully saturated rings. The molecule has 24 heavy (non-hydrogen) atoms. The Bertz CT molecular complexity index is 887. The second kappa shape index (κ2) is 8.16. The van der Waals surface area contributed by atoms with Gasteiger partial charge in [-0.25, -0.2) is 0 Å². The van der Waals surface area contributed by atoms with Crippen LogP contribution in [-0.4, -0.2) is 40.1 Å². The number of fused-ring (bicyclic) bond motifs is 1. The van der Waals surface area contributed by atoms with E-state index < -0.39 is 17.0 Å². The van der Waals surface area contributed by atoms with Crippen LogP contribution in [0.4, 0.5) is 5.69 Å². The molecule has 0 saturated heterocycles. The zero-order valence-electron chi connectivity index (χ0n) is 12.7. The molecule has 0 aliphatic carbocycles. The molecule has 1 heterocycles. The number of thioether (sulfide) groups is 1. The lowest BCUT2D eigenvalue weighted by atomic mass is 10.1. The van der Waals surface area contributed by atoms with E-state index in [-0.39, 0.29) is 34.7 Å². The number of carbonyl (C=O) groups excluding carboxylic acids is 2. The molecule has 4 N–H and O–H groups in total. The van der Waals surface area contributed by atoms with Crippen LogP contribution >= 0.6 is 11.8 Å². The number of hydrogen-bond donors (Lipinski definition) is 4. The third kappa shape index (κ3) is 4.35. The van der Waals surface area contributed by atoms with Crippen LogP contribution in [0.3, 0.4) is 0 Å². The number of anilines is 1. The number of benzene rings is 1. The van der Waals surface area contributed by atoms with E-state index in [1.54, 1.807) is 12.1 Å². The molecule has 126 valence electrons. The van der Waals surface area contributed by atoms with Gasteiger partial charge in [0.15, 0.2) is 0 Å². The normalized spacial score (nSPS) is 10.3. The predicted octanol–water partition coefficient (Wildman–Crippen LogP) is 0.190. The standard InChI is InChI=1S/C15H16N4O4S/c1-2-6-24-8-12(21)16-7-11(20)17-10-5-3-4-9-13(10)15(23)19-18-14(9)22/h2-5H,1,6-8H2,(H,16,21)(H,17,20)(H,18,22)(H,19,23). The molecule has 0 spiro atoms. The summed E-state index contributed by atoms with van der Waals surface area (Å²) >= 11 is 1.38. The van der Waals surface area contributed by atoms with Gasteiger partial charge in [0, 0.05) is 5.75 Å². The van der Waals surface area contributed by atoms with Crippen molar-refractivity contribution >= 4 is 40.0 Å². The van der Waals surface area contributed by atoms with Gasteiger partial charge < -0.3 is 10.6 Å². The maximum atomic E-state index is 11.9. The monoisotopic (exact) mass is 348 g/mol. The van der Waals surface area contributed by atoms with E-state index in [0.717, 1.165) is 0 Å². The van der Waals surface area contributed by atoms with E-state index in [0.29, 0.717) is 5.75 Å². The number of carbonyl (C=O) groups is 2. The molecule has 0 radical (unpaired) electrons. The first-order chi connectivity index (χ1) is 11.5. The molecule has 0 atom stereocenters. The van der Waals surface area contributed by atoms with Gasteiger partial charge >= 0.3 is 0 Å². The second-order valence-electron chi connectivity index (χ2n) is 4.77. The van der Waals surface area contributed by atoms with E-state index in [9.17, 15) is 19.2 Å². The third-order valence-corrected chi connectivity index (χ3v) is 3.95. The van der Waals surface area contributed by atoms with Gasteiger partial charge in [0.1, 0.15) is 0 Å². The Kier molecular flexibility index (Phi) is 5.96. The Hall–Kier alpha value is -2.81. The minimum atomic E-state index is -0.523. The van der Waals surface area contributed by atoms with Crippen molar-refractivity contribution < 1.29 is 9.59 Å². The fourth-order valence-corrected chi connectivity index (χ4v) is 2.56. The largest absolute Gasteiger partial charge is 0.346 e. The highest BCUT2D eigenvalue weighted by Crippen LogP contribution is 2.16. The van der Waals surface area contributed by atoms with E-state index in [1.165, 1.54) is 23.9 Å². The first-order valence-corrected chi connectivity index (χ1v) is 8.17. The molecule has 2 amide bonds. The van der Waals surface area contributed by atoms with Gasteiger partial charge in [0.25, 0.3) is 11.1 Å². The zero-order valence-corrected chi connectivity index (χ0v) is 13.5. The van der Waals surface area contributed by atoms with E-state index in [2.05, 4.69) is 27.4 Å². The quantitative estimate of drug-likeness (QED) is 0.420. The lowest BCUT2D eigenvalue weighted by Gasteiger charge is -2.08. The first-order valence-electron chi connectivity index (χ1n) is 7.02. The molecular formula is C15H16N4O4S. The maximum Gasteiger partial charge on any atom is 0.272 e. The van der Waals surface area contributed by atoms with Crippen LogP contribution in [0.5, 0.6) is 0 Å².